The normalized spacial score (nSPS) is 13.9. The van der Waals surface area contributed by atoms with Gasteiger partial charge in [-0.25, -0.2) is 0 Å². The van der Waals surface area contributed by atoms with Gasteiger partial charge in [-0.1, -0.05) is 234 Å². The lowest BCUT2D eigenvalue weighted by atomic mass is 10.0. The zero-order chi connectivity index (χ0) is 46.7. The van der Waals surface area contributed by atoms with E-state index in [4.69, 9.17) is 4.74 Å². The van der Waals surface area contributed by atoms with Gasteiger partial charge in [-0.15, -0.1) is 0 Å². The largest absolute Gasteiger partial charge is 0.462 e. The Morgan fingerprint density at radius 2 is 0.906 bits per heavy atom. The summed E-state index contributed by atoms with van der Waals surface area (Å²) < 4.78 is 5.90. The summed E-state index contributed by atoms with van der Waals surface area (Å²) in [4.78, 5) is 26.2. The highest BCUT2D eigenvalue weighted by atomic mass is 16.5. The first-order valence-electron chi connectivity index (χ1n) is 26.9. The molecule has 6 heteroatoms. The van der Waals surface area contributed by atoms with Crippen molar-refractivity contribution in [3.05, 3.63) is 85.1 Å². The standard InChI is InChI=1S/C58H101NO5/c1-4-7-10-13-16-19-22-25-27-28-30-33-35-38-41-44-47-50-56(61)55(53-60)59-57(62)52-54(49-46-43-40-37-34-32-29-26-23-20-17-14-11-8-5-2)64-58(63)51-48-45-42-39-36-31-24-21-18-15-12-9-6-3/h9,12,15,17-18,20-21,24,26,29,31,34,36-37,54-56,60-61H,4-8,10-11,13-14,16,19,22-23,25,27-28,30,32-33,35,38-53H2,1-3H3,(H,59,62)/b12-9+,18-15+,20-17-,24-21-,29-26-,36-31-,37-34-. The van der Waals surface area contributed by atoms with Crippen LogP contribution in [0.2, 0.25) is 0 Å². The summed E-state index contributed by atoms with van der Waals surface area (Å²) in [5.74, 6) is -0.560. The fourth-order valence-corrected chi connectivity index (χ4v) is 7.74. The first-order valence-corrected chi connectivity index (χ1v) is 26.9. The van der Waals surface area contributed by atoms with Crippen LogP contribution in [0.4, 0.5) is 0 Å². The molecule has 64 heavy (non-hydrogen) atoms. The van der Waals surface area contributed by atoms with Gasteiger partial charge in [0.1, 0.15) is 6.10 Å². The molecule has 368 valence electrons. The van der Waals surface area contributed by atoms with Gasteiger partial charge >= 0.3 is 5.97 Å². The number of esters is 1. The van der Waals surface area contributed by atoms with Gasteiger partial charge in [-0.2, -0.15) is 0 Å². The number of aliphatic hydroxyl groups is 2. The van der Waals surface area contributed by atoms with Crippen molar-refractivity contribution in [1.29, 1.82) is 0 Å². The molecule has 0 saturated carbocycles. The number of ether oxygens (including phenoxy) is 1. The van der Waals surface area contributed by atoms with Gasteiger partial charge in [-0.3, -0.25) is 9.59 Å². The molecule has 3 atom stereocenters. The Morgan fingerprint density at radius 1 is 0.484 bits per heavy atom. The molecule has 0 aromatic carbocycles. The van der Waals surface area contributed by atoms with Gasteiger partial charge < -0.3 is 20.3 Å². The minimum absolute atomic E-state index is 0.0319. The third-order valence-electron chi connectivity index (χ3n) is 11.8. The molecule has 0 aromatic heterocycles. The maximum atomic E-state index is 13.2. The topological polar surface area (TPSA) is 95.9 Å². The molecule has 3 N–H and O–H groups in total. The van der Waals surface area contributed by atoms with Gasteiger partial charge in [0.25, 0.3) is 0 Å². The zero-order valence-corrected chi connectivity index (χ0v) is 41.9. The zero-order valence-electron chi connectivity index (χ0n) is 41.9. The smallest absolute Gasteiger partial charge is 0.306 e. The van der Waals surface area contributed by atoms with Crippen molar-refractivity contribution in [2.45, 2.75) is 264 Å². The van der Waals surface area contributed by atoms with E-state index < -0.39 is 18.2 Å². The highest BCUT2D eigenvalue weighted by molar-refractivity contribution is 5.77. The van der Waals surface area contributed by atoms with E-state index in [2.05, 4.69) is 80.8 Å². The Morgan fingerprint density at radius 3 is 1.45 bits per heavy atom. The van der Waals surface area contributed by atoms with Crippen LogP contribution in [0.1, 0.15) is 245 Å². The Bertz CT molecular complexity index is 1230. The quantitative estimate of drug-likeness (QED) is 0.0245. The summed E-state index contributed by atoms with van der Waals surface area (Å²) >= 11 is 0. The molecule has 0 radical (unpaired) electrons. The second kappa shape index (κ2) is 51.0. The molecule has 0 fully saturated rings. The van der Waals surface area contributed by atoms with Crippen molar-refractivity contribution < 1.29 is 24.5 Å². The van der Waals surface area contributed by atoms with Gasteiger partial charge in [0.15, 0.2) is 0 Å². The van der Waals surface area contributed by atoms with Crippen LogP contribution in [0.3, 0.4) is 0 Å². The van der Waals surface area contributed by atoms with Crippen molar-refractivity contribution in [2.24, 2.45) is 0 Å². The minimum Gasteiger partial charge on any atom is -0.462 e. The number of unbranched alkanes of at least 4 members (excludes halogenated alkanes) is 24. The lowest BCUT2D eigenvalue weighted by Gasteiger charge is -2.24. The summed E-state index contributed by atoms with van der Waals surface area (Å²) in [6.45, 7) is 6.30. The van der Waals surface area contributed by atoms with E-state index in [0.29, 0.717) is 19.3 Å². The molecule has 0 aromatic rings. The number of amides is 1. The molecule has 0 aliphatic rings. The lowest BCUT2D eigenvalue weighted by Crippen LogP contribution is -2.46. The SMILES string of the molecule is CC/C=C/C=C/C=C\C=C/CCCCCC(=O)OC(CCCC/C=C\C/C=C\C/C=C\CCCCC)CC(=O)NC(CO)C(O)CCCCCCCCCCCCCCCCCCC. The summed E-state index contributed by atoms with van der Waals surface area (Å²) in [6, 6.07) is -0.727. The van der Waals surface area contributed by atoms with Crippen molar-refractivity contribution >= 4 is 11.9 Å². The maximum absolute atomic E-state index is 13.2. The Hall–Kier alpha value is -2.96. The number of hydrogen-bond acceptors (Lipinski definition) is 5. The van der Waals surface area contributed by atoms with Crippen LogP contribution in [0, 0.1) is 0 Å². The molecule has 1 amide bonds. The molecular formula is C58H101NO5. The number of nitrogens with one attached hydrogen (secondary N) is 1. The van der Waals surface area contributed by atoms with Gasteiger partial charge in [0, 0.05) is 6.42 Å². The fourth-order valence-electron chi connectivity index (χ4n) is 7.74. The number of allylic oxidation sites excluding steroid dienone is 14. The first kappa shape index (κ1) is 61.0. The second-order valence-corrected chi connectivity index (χ2v) is 18.0. The van der Waals surface area contributed by atoms with E-state index in [1.807, 2.05) is 30.4 Å². The van der Waals surface area contributed by atoms with E-state index in [1.54, 1.807) is 0 Å². The summed E-state index contributed by atoms with van der Waals surface area (Å²) in [5, 5.41) is 23.8. The highest BCUT2D eigenvalue weighted by Gasteiger charge is 2.24. The van der Waals surface area contributed by atoms with Crippen molar-refractivity contribution in [3.63, 3.8) is 0 Å². The third kappa shape index (κ3) is 45.6. The van der Waals surface area contributed by atoms with Crippen LogP contribution in [0.15, 0.2) is 85.1 Å². The summed E-state index contributed by atoms with van der Waals surface area (Å²) in [5.41, 5.74) is 0. The number of aliphatic hydroxyl groups excluding tert-OH is 2. The van der Waals surface area contributed by atoms with E-state index in [-0.39, 0.29) is 24.9 Å². The molecule has 0 bridgehead atoms. The molecule has 0 heterocycles. The Labute approximate surface area is 395 Å². The number of carbonyl (C=O) groups is 2. The van der Waals surface area contributed by atoms with Gasteiger partial charge in [0.2, 0.25) is 5.91 Å². The van der Waals surface area contributed by atoms with Crippen LogP contribution in [-0.4, -0.2) is 46.9 Å². The predicted octanol–water partition coefficient (Wildman–Crippen LogP) is 16.3. The Balaban J connectivity index is 4.65. The molecule has 0 rings (SSSR count). The van der Waals surface area contributed by atoms with Gasteiger partial charge in [-0.05, 0) is 83.5 Å². The molecule has 0 aliphatic carbocycles. The lowest BCUT2D eigenvalue weighted by molar-refractivity contribution is -0.151. The van der Waals surface area contributed by atoms with Crippen molar-refractivity contribution in [3.8, 4) is 0 Å². The summed E-state index contributed by atoms with van der Waals surface area (Å²) in [6.07, 6.45) is 66.5. The number of carbonyl (C=O) groups excluding carboxylic acids is 2. The van der Waals surface area contributed by atoms with Crippen LogP contribution in [0.25, 0.3) is 0 Å². The first-order chi connectivity index (χ1) is 31.5. The van der Waals surface area contributed by atoms with Crippen LogP contribution in [0.5, 0.6) is 0 Å². The highest BCUT2D eigenvalue weighted by Crippen LogP contribution is 2.17. The molecule has 3 unspecified atom stereocenters. The van der Waals surface area contributed by atoms with Crippen molar-refractivity contribution in [1.82, 2.24) is 5.32 Å². The van der Waals surface area contributed by atoms with Gasteiger partial charge in [0.05, 0.1) is 25.2 Å². The van der Waals surface area contributed by atoms with Crippen LogP contribution >= 0.6 is 0 Å². The molecule has 0 spiro atoms. The van der Waals surface area contributed by atoms with Crippen LogP contribution in [-0.2, 0) is 14.3 Å². The van der Waals surface area contributed by atoms with E-state index in [1.165, 1.54) is 116 Å². The monoisotopic (exact) mass is 892 g/mol. The molecular weight excluding hydrogens is 791 g/mol. The summed E-state index contributed by atoms with van der Waals surface area (Å²) in [7, 11) is 0. The average Bonchev–Trinajstić information content (AvgIpc) is 3.29. The average molecular weight is 892 g/mol. The van der Waals surface area contributed by atoms with Crippen molar-refractivity contribution in [2.75, 3.05) is 6.61 Å². The minimum atomic E-state index is -0.810. The number of rotatable bonds is 47. The van der Waals surface area contributed by atoms with E-state index >= 15 is 0 Å². The molecule has 0 aliphatic heterocycles. The fraction of sp³-hybridized carbons (Fsp3) is 0.724. The van der Waals surface area contributed by atoms with E-state index in [0.717, 1.165) is 83.5 Å². The predicted molar refractivity (Wildman–Crippen MR) is 278 cm³/mol. The molecule has 0 saturated heterocycles. The number of hydrogen-bond donors (Lipinski definition) is 3. The molecule has 6 nitrogen and oxygen atoms in total. The Kier molecular flexibility index (Phi) is 48.7. The van der Waals surface area contributed by atoms with E-state index in [9.17, 15) is 19.8 Å². The van der Waals surface area contributed by atoms with Crippen LogP contribution < -0.4 is 5.32 Å². The second-order valence-electron chi connectivity index (χ2n) is 18.0. The third-order valence-corrected chi connectivity index (χ3v) is 11.8. The maximum Gasteiger partial charge on any atom is 0.306 e.